The second kappa shape index (κ2) is 3.46. The summed E-state index contributed by atoms with van der Waals surface area (Å²) < 4.78 is 0.706. The highest BCUT2D eigenvalue weighted by Crippen LogP contribution is 2.33. The standard InChI is InChI=1S/C9H12BrNO/c1-5-3-4-7(6(2)11)8(10)9(5)12/h3-4,6,12H,11H2,1-2H3. The fourth-order valence-electron chi connectivity index (χ4n) is 1.03. The molecule has 0 saturated carbocycles. The number of hydrogen-bond acceptors (Lipinski definition) is 2. The molecule has 3 N–H and O–H groups in total. The van der Waals surface area contributed by atoms with Gasteiger partial charge in [0.25, 0.3) is 0 Å². The van der Waals surface area contributed by atoms with E-state index >= 15 is 0 Å². The summed E-state index contributed by atoms with van der Waals surface area (Å²) in [5, 5.41) is 9.53. The van der Waals surface area contributed by atoms with E-state index in [0.717, 1.165) is 11.1 Å². The number of aromatic hydroxyl groups is 1. The van der Waals surface area contributed by atoms with E-state index in [1.54, 1.807) is 0 Å². The maximum Gasteiger partial charge on any atom is 0.132 e. The van der Waals surface area contributed by atoms with Gasteiger partial charge in [-0.2, -0.15) is 0 Å². The van der Waals surface area contributed by atoms with Crippen LogP contribution in [0.1, 0.15) is 24.1 Å². The predicted molar refractivity (Wildman–Crippen MR) is 53.1 cm³/mol. The van der Waals surface area contributed by atoms with Crippen molar-refractivity contribution in [2.45, 2.75) is 19.9 Å². The van der Waals surface area contributed by atoms with Gasteiger partial charge in [0.05, 0.1) is 4.47 Å². The molecule has 2 nitrogen and oxygen atoms in total. The number of phenols is 1. The summed E-state index contributed by atoms with van der Waals surface area (Å²) in [5.41, 5.74) is 7.47. The van der Waals surface area contributed by atoms with Crippen molar-refractivity contribution in [1.82, 2.24) is 0 Å². The van der Waals surface area contributed by atoms with E-state index in [2.05, 4.69) is 15.9 Å². The SMILES string of the molecule is Cc1ccc(C(C)N)c(Br)c1O. The zero-order valence-corrected chi connectivity index (χ0v) is 8.72. The van der Waals surface area contributed by atoms with Gasteiger partial charge in [-0.25, -0.2) is 0 Å². The first-order chi connectivity index (χ1) is 5.54. The summed E-state index contributed by atoms with van der Waals surface area (Å²) in [6.45, 7) is 3.74. The van der Waals surface area contributed by atoms with Crippen LogP contribution in [0.2, 0.25) is 0 Å². The molecule has 1 rings (SSSR count). The van der Waals surface area contributed by atoms with Crippen LogP contribution in [0.4, 0.5) is 0 Å². The molecule has 0 aliphatic rings. The lowest BCUT2D eigenvalue weighted by atomic mass is 10.1. The zero-order valence-electron chi connectivity index (χ0n) is 7.13. The van der Waals surface area contributed by atoms with Crippen molar-refractivity contribution in [3.8, 4) is 5.75 Å². The van der Waals surface area contributed by atoms with E-state index in [1.165, 1.54) is 0 Å². The summed E-state index contributed by atoms with van der Waals surface area (Å²) in [4.78, 5) is 0. The summed E-state index contributed by atoms with van der Waals surface area (Å²) in [7, 11) is 0. The Bertz CT molecular complexity index is 297. The summed E-state index contributed by atoms with van der Waals surface area (Å²) in [6, 6.07) is 3.72. The number of aryl methyl sites for hydroxylation is 1. The van der Waals surface area contributed by atoms with Crippen LogP contribution in [-0.2, 0) is 0 Å². The van der Waals surface area contributed by atoms with Crippen molar-refractivity contribution in [3.63, 3.8) is 0 Å². The van der Waals surface area contributed by atoms with Gasteiger partial charge in [0.15, 0.2) is 0 Å². The smallest absolute Gasteiger partial charge is 0.132 e. The highest BCUT2D eigenvalue weighted by molar-refractivity contribution is 9.10. The van der Waals surface area contributed by atoms with E-state index < -0.39 is 0 Å². The molecule has 0 aliphatic heterocycles. The Kier molecular flexibility index (Phi) is 2.75. The molecule has 66 valence electrons. The van der Waals surface area contributed by atoms with Gasteiger partial charge in [0.2, 0.25) is 0 Å². The highest BCUT2D eigenvalue weighted by Gasteiger charge is 2.09. The van der Waals surface area contributed by atoms with Crippen LogP contribution in [-0.4, -0.2) is 5.11 Å². The van der Waals surface area contributed by atoms with Gasteiger partial charge in [-0.05, 0) is 40.9 Å². The first-order valence-electron chi connectivity index (χ1n) is 3.77. The first-order valence-corrected chi connectivity index (χ1v) is 4.57. The van der Waals surface area contributed by atoms with Gasteiger partial charge in [0.1, 0.15) is 5.75 Å². The molecule has 0 aliphatic carbocycles. The molecule has 0 heterocycles. The van der Waals surface area contributed by atoms with Gasteiger partial charge < -0.3 is 10.8 Å². The van der Waals surface area contributed by atoms with Gasteiger partial charge in [0, 0.05) is 6.04 Å². The molecule has 0 amide bonds. The van der Waals surface area contributed by atoms with Crippen molar-refractivity contribution in [2.24, 2.45) is 5.73 Å². The Balaban J connectivity index is 3.27. The van der Waals surface area contributed by atoms with E-state index in [1.807, 2.05) is 26.0 Å². The van der Waals surface area contributed by atoms with Crippen molar-refractivity contribution < 1.29 is 5.11 Å². The van der Waals surface area contributed by atoms with Crippen LogP contribution in [0.25, 0.3) is 0 Å². The normalized spacial score (nSPS) is 13.0. The van der Waals surface area contributed by atoms with Gasteiger partial charge in [-0.3, -0.25) is 0 Å². The fraction of sp³-hybridized carbons (Fsp3) is 0.333. The first kappa shape index (κ1) is 9.55. The summed E-state index contributed by atoms with van der Waals surface area (Å²) in [5.74, 6) is 0.282. The molecule has 0 bridgehead atoms. The number of rotatable bonds is 1. The van der Waals surface area contributed by atoms with Crippen LogP contribution in [0.15, 0.2) is 16.6 Å². The lowest BCUT2D eigenvalue weighted by molar-refractivity contribution is 0.466. The number of hydrogen-bond donors (Lipinski definition) is 2. The maximum absolute atomic E-state index is 9.53. The third kappa shape index (κ3) is 1.62. The van der Waals surface area contributed by atoms with E-state index in [9.17, 15) is 5.11 Å². The Hall–Kier alpha value is -0.540. The molecular weight excluding hydrogens is 218 g/mol. The topological polar surface area (TPSA) is 46.2 Å². The van der Waals surface area contributed by atoms with Crippen LogP contribution in [0, 0.1) is 6.92 Å². The lowest BCUT2D eigenvalue weighted by Crippen LogP contribution is -2.05. The summed E-state index contributed by atoms with van der Waals surface area (Å²) >= 11 is 3.30. The largest absolute Gasteiger partial charge is 0.506 e. The second-order valence-corrected chi connectivity index (χ2v) is 3.72. The Morgan fingerprint density at radius 3 is 2.58 bits per heavy atom. The van der Waals surface area contributed by atoms with Crippen LogP contribution in [0.3, 0.4) is 0 Å². The minimum atomic E-state index is -0.0640. The molecule has 0 fully saturated rings. The highest BCUT2D eigenvalue weighted by atomic mass is 79.9. The monoisotopic (exact) mass is 229 g/mol. The predicted octanol–water partition coefficient (Wildman–Crippen LogP) is 2.48. The third-order valence-corrected chi connectivity index (χ3v) is 2.67. The van der Waals surface area contributed by atoms with E-state index in [4.69, 9.17) is 5.73 Å². The molecule has 1 aromatic rings. The quantitative estimate of drug-likeness (QED) is 0.778. The van der Waals surface area contributed by atoms with Crippen molar-refractivity contribution >= 4 is 15.9 Å². The number of nitrogens with two attached hydrogens (primary N) is 1. The lowest BCUT2D eigenvalue weighted by Gasteiger charge is -2.10. The van der Waals surface area contributed by atoms with Gasteiger partial charge in [-0.1, -0.05) is 12.1 Å². The number of benzene rings is 1. The zero-order chi connectivity index (χ0) is 9.30. The Morgan fingerprint density at radius 1 is 1.50 bits per heavy atom. The molecule has 12 heavy (non-hydrogen) atoms. The van der Waals surface area contributed by atoms with E-state index in [-0.39, 0.29) is 11.8 Å². The minimum Gasteiger partial charge on any atom is -0.506 e. The third-order valence-electron chi connectivity index (χ3n) is 1.84. The Morgan fingerprint density at radius 2 is 2.08 bits per heavy atom. The van der Waals surface area contributed by atoms with Crippen LogP contribution in [0.5, 0.6) is 5.75 Å². The van der Waals surface area contributed by atoms with Gasteiger partial charge >= 0.3 is 0 Å². The van der Waals surface area contributed by atoms with Crippen molar-refractivity contribution in [2.75, 3.05) is 0 Å². The van der Waals surface area contributed by atoms with Crippen molar-refractivity contribution in [1.29, 1.82) is 0 Å². The van der Waals surface area contributed by atoms with Crippen molar-refractivity contribution in [3.05, 3.63) is 27.7 Å². The molecule has 0 spiro atoms. The average molecular weight is 230 g/mol. The fourth-order valence-corrected chi connectivity index (χ4v) is 1.83. The molecule has 0 radical (unpaired) electrons. The van der Waals surface area contributed by atoms with Gasteiger partial charge in [-0.15, -0.1) is 0 Å². The average Bonchev–Trinajstić information content (AvgIpc) is 2.00. The van der Waals surface area contributed by atoms with E-state index in [0.29, 0.717) is 4.47 Å². The minimum absolute atomic E-state index is 0.0640. The van der Waals surface area contributed by atoms with Crippen LogP contribution >= 0.6 is 15.9 Å². The molecule has 0 saturated heterocycles. The molecule has 0 aromatic heterocycles. The summed E-state index contributed by atoms with van der Waals surface area (Å²) in [6.07, 6.45) is 0. The Labute approximate surface area is 80.5 Å². The number of halogens is 1. The molecule has 3 heteroatoms. The number of phenolic OH excluding ortho intramolecular Hbond substituents is 1. The maximum atomic E-state index is 9.53. The molecule has 1 aromatic carbocycles. The molecular formula is C9H12BrNO. The second-order valence-electron chi connectivity index (χ2n) is 2.92. The molecule has 1 atom stereocenters. The van der Waals surface area contributed by atoms with Crippen LogP contribution < -0.4 is 5.73 Å². The molecule has 1 unspecified atom stereocenters.